The highest BCUT2D eigenvalue weighted by Gasteiger charge is 2.50. The van der Waals surface area contributed by atoms with E-state index in [1.807, 2.05) is 41.8 Å². The van der Waals surface area contributed by atoms with Gasteiger partial charge in [-0.05, 0) is 36.4 Å². The molecule has 1 fully saturated rings. The van der Waals surface area contributed by atoms with E-state index >= 15 is 0 Å². The van der Waals surface area contributed by atoms with Crippen molar-refractivity contribution in [3.8, 4) is 0 Å². The first kappa shape index (κ1) is 15.8. The van der Waals surface area contributed by atoms with E-state index < -0.39 is 11.6 Å². The molecule has 1 aromatic carbocycles. The summed E-state index contributed by atoms with van der Waals surface area (Å²) in [5.41, 5.74) is 0.867. The molecule has 1 N–H and O–H groups in total. The topological polar surface area (TPSA) is 69.7 Å². The minimum atomic E-state index is -1.10. The second-order valence-electron chi connectivity index (χ2n) is 6.35. The van der Waals surface area contributed by atoms with Crippen LogP contribution in [0.25, 0.3) is 0 Å². The Kier molecular flexibility index (Phi) is 3.61. The van der Waals surface area contributed by atoms with E-state index in [0.717, 1.165) is 27.4 Å². The molecule has 1 saturated heterocycles. The lowest BCUT2D eigenvalue weighted by Crippen LogP contribution is -2.44. The first-order valence-electron chi connectivity index (χ1n) is 8.07. The first-order valence-corrected chi connectivity index (χ1v) is 8.95. The van der Waals surface area contributed by atoms with E-state index in [1.165, 1.54) is 11.3 Å². The Balaban J connectivity index is 1.55. The third-order valence-corrected chi connectivity index (χ3v) is 5.86. The maximum atomic E-state index is 12.8. The zero-order valence-corrected chi connectivity index (χ0v) is 14.5. The minimum absolute atomic E-state index is 0.246. The number of carbonyl (C=O) groups is 3. The third-order valence-electron chi connectivity index (χ3n) is 4.77. The second-order valence-corrected chi connectivity index (χ2v) is 7.30. The van der Waals surface area contributed by atoms with Crippen molar-refractivity contribution in [2.45, 2.75) is 18.9 Å². The monoisotopic (exact) mass is 355 g/mol. The summed E-state index contributed by atoms with van der Waals surface area (Å²) in [6, 6.07) is 10.8. The highest BCUT2D eigenvalue weighted by atomic mass is 32.1. The lowest BCUT2D eigenvalue weighted by atomic mass is 10.0. The van der Waals surface area contributed by atoms with Gasteiger partial charge in [0.1, 0.15) is 6.54 Å². The predicted octanol–water partition coefficient (Wildman–Crippen LogP) is 2.10. The van der Waals surface area contributed by atoms with Crippen LogP contribution in [-0.4, -0.2) is 35.8 Å². The average Bonchev–Trinajstić information content (AvgIpc) is 3.31. The Bertz CT molecular complexity index is 864. The number of fused-ring (bicyclic) bond motifs is 1. The molecule has 1 unspecified atom stereocenters. The van der Waals surface area contributed by atoms with Crippen LogP contribution in [0.3, 0.4) is 0 Å². The molecule has 6 nitrogen and oxygen atoms in total. The second kappa shape index (κ2) is 5.70. The summed E-state index contributed by atoms with van der Waals surface area (Å²) in [6.07, 6.45) is 0.787. The Hall–Kier alpha value is -2.67. The molecule has 0 radical (unpaired) electrons. The molecule has 7 heteroatoms. The molecule has 0 aliphatic carbocycles. The van der Waals surface area contributed by atoms with Gasteiger partial charge in [-0.3, -0.25) is 14.5 Å². The number of anilines is 1. The van der Waals surface area contributed by atoms with Crippen molar-refractivity contribution in [2.24, 2.45) is 0 Å². The van der Waals surface area contributed by atoms with Gasteiger partial charge in [0.05, 0.1) is 0 Å². The van der Waals surface area contributed by atoms with Crippen molar-refractivity contribution < 1.29 is 14.4 Å². The number of hydrogen-bond donors (Lipinski definition) is 1. The zero-order valence-electron chi connectivity index (χ0n) is 13.7. The fourth-order valence-electron chi connectivity index (χ4n) is 3.39. The number of para-hydroxylation sites is 1. The van der Waals surface area contributed by atoms with E-state index in [-0.39, 0.29) is 18.4 Å². The predicted molar refractivity (Wildman–Crippen MR) is 94.4 cm³/mol. The Morgan fingerprint density at radius 2 is 2.04 bits per heavy atom. The molecule has 0 spiro atoms. The van der Waals surface area contributed by atoms with Gasteiger partial charge in [0.2, 0.25) is 5.91 Å². The SMILES string of the molecule is CC1(c2cccs2)NC(=O)N(CC(=O)N2CCc3ccccc32)C1=O. The summed E-state index contributed by atoms with van der Waals surface area (Å²) in [5.74, 6) is -0.635. The van der Waals surface area contributed by atoms with Crippen molar-refractivity contribution in [3.05, 3.63) is 52.2 Å². The van der Waals surface area contributed by atoms with Crippen LogP contribution in [-0.2, 0) is 21.5 Å². The largest absolute Gasteiger partial charge is 0.325 e. The fourth-order valence-corrected chi connectivity index (χ4v) is 4.22. The molecule has 25 heavy (non-hydrogen) atoms. The molecule has 2 aliphatic rings. The third kappa shape index (κ3) is 2.42. The van der Waals surface area contributed by atoms with Crippen molar-refractivity contribution in [3.63, 3.8) is 0 Å². The summed E-state index contributed by atoms with van der Waals surface area (Å²) in [6.45, 7) is 2.00. The van der Waals surface area contributed by atoms with Crippen LogP contribution < -0.4 is 10.2 Å². The molecule has 0 saturated carbocycles. The van der Waals surface area contributed by atoms with Crippen LogP contribution in [0.1, 0.15) is 17.4 Å². The number of thiophene rings is 1. The van der Waals surface area contributed by atoms with Crippen molar-refractivity contribution >= 4 is 34.9 Å². The van der Waals surface area contributed by atoms with Gasteiger partial charge in [-0.1, -0.05) is 24.3 Å². The van der Waals surface area contributed by atoms with E-state index in [0.29, 0.717) is 6.54 Å². The van der Waals surface area contributed by atoms with Crippen LogP contribution in [0.4, 0.5) is 10.5 Å². The summed E-state index contributed by atoms with van der Waals surface area (Å²) in [7, 11) is 0. The number of hydrogen-bond acceptors (Lipinski definition) is 4. The number of nitrogens with zero attached hydrogens (tertiary/aromatic N) is 2. The normalized spacial score (nSPS) is 22.3. The molecular weight excluding hydrogens is 338 g/mol. The lowest BCUT2D eigenvalue weighted by molar-refractivity contribution is -0.134. The van der Waals surface area contributed by atoms with E-state index in [2.05, 4.69) is 5.32 Å². The van der Waals surface area contributed by atoms with E-state index in [9.17, 15) is 14.4 Å². The van der Waals surface area contributed by atoms with Gasteiger partial charge in [0.25, 0.3) is 5.91 Å². The lowest BCUT2D eigenvalue weighted by Gasteiger charge is -2.22. The fraction of sp³-hybridized carbons (Fsp3) is 0.278. The van der Waals surface area contributed by atoms with Crippen molar-refractivity contribution in [1.82, 2.24) is 10.2 Å². The number of urea groups is 1. The van der Waals surface area contributed by atoms with E-state index in [1.54, 1.807) is 11.8 Å². The molecule has 0 bridgehead atoms. The summed E-state index contributed by atoms with van der Waals surface area (Å²) in [5, 5.41) is 4.58. The van der Waals surface area contributed by atoms with Gasteiger partial charge in [0, 0.05) is 17.1 Å². The maximum Gasteiger partial charge on any atom is 0.325 e. The van der Waals surface area contributed by atoms with Crippen LogP contribution in [0.15, 0.2) is 41.8 Å². The van der Waals surface area contributed by atoms with Gasteiger partial charge >= 0.3 is 6.03 Å². The standard InChI is InChI=1S/C18H17N3O3S/c1-18(14-7-4-10-25-14)16(23)21(17(24)19-18)11-15(22)20-9-8-12-5-2-3-6-13(12)20/h2-7,10H,8-9,11H2,1H3,(H,19,24). The van der Waals surface area contributed by atoms with Gasteiger partial charge < -0.3 is 10.2 Å². The van der Waals surface area contributed by atoms with Gasteiger partial charge in [-0.25, -0.2) is 4.79 Å². The Morgan fingerprint density at radius 1 is 1.24 bits per heavy atom. The van der Waals surface area contributed by atoms with Crippen LogP contribution in [0.2, 0.25) is 0 Å². The molecule has 1 aromatic heterocycles. The number of rotatable bonds is 3. The summed E-state index contributed by atoms with van der Waals surface area (Å²) >= 11 is 1.40. The molecular formula is C18H17N3O3S. The number of amides is 4. The average molecular weight is 355 g/mol. The van der Waals surface area contributed by atoms with Crippen LogP contribution >= 0.6 is 11.3 Å². The number of carbonyl (C=O) groups excluding carboxylic acids is 3. The molecule has 4 amide bonds. The molecule has 128 valence electrons. The van der Waals surface area contributed by atoms with Crippen molar-refractivity contribution in [2.75, 3.05) is 18.0 Å². The Labute approximate surface area is 149 Å². The smallest absolute Gasteiger partial charge is 0.319 e. The van der Waals surface area contributed by atoms with Gasteiger partial charge in [0.15, 0.2) is 5.54 Å². The molecule has 1 atom stereocenters. The molecule has 3 heterocycles. The molecule has 4 rings (SSSR count). The number of nitrogens with one attached hydrogen (secondary N) is 1. The summed E-state index contributed by atoms with van der Waals surface area (Å²) < 4.78 is 0. The quantitative estimate of drug-likeness (QED) is 0.858. The number of imide groups is 1. The first-order chi connectivity index (χ1) is 12.0. The molecule has 2 aromatic rings. The van der Waals surface area contributed by atoms with Crippen LogP contribution in [0.5, 0.6) is 0 Å². The van der Waals surface area contributed by atoms with Gasteiger partial charge in [-0.15, -0.1) is 11.3 Å². The highest BCUT2D eigenvalue weighted by molar-refractivity contribution is 7.10. The van der Waals surface area contributed by atoms with Crippen LogP contribution in [0, 0.1) is 0 Å². The maximum absolute atomic E-state index is 12.8. The van der Waals surface area contributed by atoms with Crippen molar-refractivity contribution in [1.29, 1.82) is 0 Å². The summed E-state index contributed by atoms with van der Waals surface area (Å²) in [4.78, 5) is 41.3. The number of benzene rings is 1. The minimum Gasteiger partial charge on any atom is -0.319 e. The Morgan fingerprint density at radius 3 is 2.80 bits per heavy atom. The van der Waals surface area contributed by atoms with Gasteiger partial charge in [-0.2, -0.15) is 0 Å². The zero-order chi connectivity index (χ0) is 17.6. The van der Waals surface area contributed by atoms with E-state index in [4.69, 9.17) is 0 Å². The highest BCUT2D eigenvalue weighted by Crippen LogP contribution is 2.32. The molecule has 2 aliphatic heterocycles.